The predicted molar refractivity (Wildman–Crippen MR) is 128 cm³/mol. The summed E-state index contributed by atoms with van der Waals surface area (Å²) in [6.07, 6.45) is 6.93. The van der Waals surface area contributed by atoms with Gasteiger partial charge in [-0.3, -0.25) is 4.98 Å². The Morgan fingerprint density at radius 3 is 2.59 bits per heavy atom. The van der Waals surface area contributed by atoms with Crippen LogP contribution in [0.4, 0.5) is 0 Å². The van der Waals surface area contributed by atoms with Gasteiger partial charge >= 0.3 is 5.63 Å². The van der Waals surface area contributed by atoms with Crippen molar-refractivity contribution in [2.45, 2.75) is 59.0 Å². The number of hydrogen-bond donors (Lipinski definition) is 1. The van der Waals surface area contributed by atoms with Gasteiger partial charge in [-0.15, -0.1) is 0 Å². The molecule has 0 bridgehead atoms. The van der Waals surface area contributed by atoms with E-state index in [9.17, 15) is 4.79 Å². The lowest BCUT2D eigenvalue weighted by Gasteiger charge is -2.41. The molecule has 0 saturated heterocycles. The quantitative estimate of drug-likeness (QED) is 0.452. The summed E-state index contributed by atoms with van der Waals surface area (Å²) in [4.78, 5) is 22.0. The number of aryl methyl sites for hydroxylation is 2. The van der Waals surface area contributed by atoms with Crippen LogP contribution >= 0.6 is 0 Å². The van der Waals surface area contributed by atoms with E-state index in [2.05, 4.69) is 55.1 Å². The maximum absolute atomic E-state index is 12.9. The molecule has 0 atom stereocenters. The number of fused-ring (bicyclic) bond motifs is 2. The normalized spacial score (nSPS) is 17.6. The second-order valence-corrected chi connectivity index (χ2v) is 10.1. The Morgan fingerprint density at radius 2 is 1.84 bits per heavy atom. The van der Waals surface area contributed by atoms with Crippen molar-refractivity contribution in [3.8, 4) is 11.3 Å². The van der Waals surface area contributed by atoms with Gasteiger partial charge in [-0.1, -0.05) is 18.2 Å². The van der Waals surface area contributed by atoms with Crippen LogP contribution < -0.4 is 10.9 Å². The van der Waals surface area contributed by atoms with Crippen molar-refractivity contribution in [1.29, 1.82) is 0 Å². The van der Waals surface area contributed by atoms with E-state index in [-0.39, 0.29) is 16.7 Å². The first-order chi connectivity index (χ1) is 15.0. The fraction of sp³-hybridized carbons (Fsp3) is 0.346. The summed E-state index contributed by atoms with van der Waals surface area (Å²) < 4.78 is 7.68. The second kappa shape index (κ2) is 6.87. The lowest BCUT2D eigenvalue weighted by molar-refractivity contribution is 0.297. The zero-order valence-electron chi connectivity index (χ0n) is 19.4. The molecule has 0 radical (unpaired) electrons. The van der Waals surface area contributed by atoms with Crippen molar-refractivity contribution in [3.63, 3.8) is 0 Å². The van der Waals surface area contributed by atoms with Gasteiger partial charge in [0, 0.05) is 28.9 Å². The highest BCUT2D eigenvalue weighted by atomic mass is 16.4. The molecule has 1 aliphatic rings. The molecule has 6 heteroatoms. The number of nitrogens with one attached hydrogen (secondary N) is 1. The van der Waals surface area contributed by atoms with Crippen LogP contribution in [0, 0.1) is 13.8 Å². The lowest BCUT2D eigenvalue weighted by Crippen LogP contribution is -2.53. The Morgan fingerprint density at radius 1 is 1.06 bits per heavy atom. The van der Waals surface area contributed by atoms with E-state index in [0.29, 0.717) is 16.8 Å². The monoisotopic (exact) mass is 428 g/mol. The topological polar surface area (TPSA) is 72.4 Å². The van der Waals surface area contributed by atoms with E-state index in [1.807, 2.05) is 48.8 Å². The Labute approximate surface area is 187 Å². The van der Waals surface area contributed by atoms with Gasteiger partial charge in [0.2, 0.25) is 0 Å². The summed E-state index contributed by atoms with van der Waals surface area (Å²) in [7, 11) is 0. The third kappa shape index (κ3) is 3.65. The number of imidazole rings is 1. The molecule has 6 nitrogen and oxygen atoms in total. The first kappa shape index (κ1) is 20.6. The maximum Gasteiger partial charge on any atom is 0.345 e. The maximum atomic E-state index is 12.9. The first-order valence-corrected chi connectivity index (χ1v) is 10.9. The van der Waals surface area contributed by atoms with Gasteiger partial charge in [-0.05, 0) is 71.2 Å². The number of nitrogens with zero attached hydrogens (tertiary/aromatic N) is 3. The van der Waals surface area contributed by atoms with Crippen molar-refractivity contribution in [2.75, 3.05) is 0 Å². The summed E-state index contributed by atoms with van der Waals surface area (Å²) in [5, 5.41) is 4.53. The molecular weight excluding hydrogens is 400 g/mol. The highest BCUT2D eigenvalue weighted by Crippen LogP contribution is 2.35. The molecule has 5 rings (SSSR count). The third-order valence-electron chi connectivity index (χ3n) is 5.94. The van der Waals surface area contributed by atoms with Crippen molar-refractivity contribution >= 4 is 22.2 Å². The van der Waals surface area contributed by atoms with Gasteiger partial charge in [0.15, 0.2) is 5.65 Å². The van der Waals surface area contributed by atoms with Crippen LogP contribution in [0.2, 0.25) is 0 Å². The molecule has 1 aromatic carbocycles. The average molecular weight is 429 g/mol. The van der Waals surface area contributed by atoms with Crippen molar-refractivity contribution in [2.24, 2.45) is 0 Å². The third-order valence-corrected chi connectivity index (χ3v) is 5.94. The van der Waals surface area contributed by atoms with Gasteiger partial charge < -0.3 is 14.1 Å². The Hall–Kier alpha value is -3.25. The molecular formula is C26H28N4O2. The van der Waals surface area contributed by atoms with Crippen LogP contribution in [0.3, 0.4) is 0 Å². The molecule has 0 spiro atoms. The van der Waals surface area contributed by atoms with E-state index in [1.165, 1.54) is 5.57 Å². The van der Waals surface area contributed by atoms with Gasteiger partial charge in [0.1, 0.15) is 5.58 Å². The van der Waals surface area contributed by atoms with Crippen LogP contribution in [-0.2, 0) is 0 Å². The molecule has 4 aromatic rings. The molecule has 32 heavy (non-hydrogen) atoms. The van der Waals surface area contributed by atoms with E-state index in [1.54, 1.807) is 0 Å². The number of benzene rings is 1. The van der Waals surface area contributed by atoms with Crippen LogP contribution in [0.5, 0.6) is 0 Å². The summed E-state index contributed by atoms with van der Waals surface area (Å²) in [5.74, 6) is 0. The van der Waals surface area contributed by atoms with Gasteiger partial charge in [-0.2, -0.15) is 0 Å². The summed E-state index contributed by atoms with van der Waals surface area (Å²) >= 11 is 0. The van der Waals surface area contributed by atoms with Crippen LogP contribution in [0.25, 0.3) is 33.4 Å². The van der Waals surface area contributed by atoms with Crippen molar-refractivity contribution in [3.05, 3.63) is 70.1 Å². The van der Waals surface area contributed by atoms with E-state index < -0.39 is 0 Å². The summed E-state index contributed by atoms with van der Waals surface area (Å²) in [5.41, 5.74) is 5.92. The number of aromatic nitrogens is 3. The highest BCUT2D eigenvalue weighted by Gasteiger charge is 2.32. The summed E-state index contributed by atoms with van der Waals surface area (Å²) in [6.45, 7) is 12.6. The minimum Gasteiger partial charge on any atom is -0.422 e. The standard InChI is InChI=1S/C26H28N4O2/c1-15-13-30-14-21(28-23(30)16(2)27-15)20-9-18-8-7-17(10-22(18)32-24(20)31)19-11-25(3,4)29-26(5,6)12-19/h7-11,13-14,29H,12H2,1-6H3. The Kier molecular flexibility index (Phi) is 4.43. The Balaban J connectivity index is 1.60. The second-order valence-electron chi connectivity index (χ2n) is 10.1. The average Bonchev–Trinajstić information content (AvgIpc) is 3.08. The Bertz CT molecular complexity index is 1470. The minimum absolute atomic E-state index is 0.0122. The molecule has 0 amide bonds. The molecule has 4 heterocycles. The molecule has 0 aliphatic carbocycles. The largest absolute Gasteiger partial charge is 0.422 e. The smallest absolute Gasteiger partial charge is 0.345 e. The van der Waals surface area contributed by atoms with E-state index >= 15 is 0 Å². The SMILES string of the molecule is Cc1cn2cc(-c3cc4ccc(C5=CC(C)(C)NC(C)(C)C5)cc4oc3=O)nc2c(C)n1. The van der Waals surface area contributed by atoms with Crippen LogP contribution in [0.15, 0.2) is 51.9 Å². The zero-order valence-corrected chi connectivity index (χ0v) is 19.4. The van der Waals surface area contributed by atoms with Crippen LogP contribution in [0.1, 0.15) is 51.1 Å². The van der Waals surface area contributed by atoms with E-state index in [0.717, 1.165) is 34.4 Å². The fourth-order valence-electron chi connectivity index (χ4n) is 5.02. The molecule has 1 aliphatic heterocycles. The number of hydrogen-bond acceptors (Lipinski definition) is 5. The van der Waals surface area contributed by atoms with Gasteiger partial charge in [0.05, 0.1) is 22.6 Å². The van der Waals surface area contributed by atoms with Gasteiger partial charge in [0.25, 0.3) is 0 Å². The summed E-state index contributed by atoms with van der Waals surface area (Å²) in [6, 6.07) is 7.97. The number of rotatable bonds is 2. The highest BCUT2D eigenvalue weighted by molar-refractivity contribution is 5.85. The molecule has 0 fully saturated rings. The molecule has 0 saturated carbocycles. The predicted octanol–water partition coefficient (Wildman–Crippen LogP) is 5.05. The molecule has 3 aromatic heterocycles. The molecule has 1 N–H and O–H groups in total. The van der Waals surface area contributed by atoms with Crippen molar-refractivity contribution < 1.29 is 4.42 Å². The lowest BCUT2D eigenvalue weighted by atomic mass is 9.81. The van der Waals surface area contributed by atoms with Gasteiger partial charge in [-0.25, -0.2) is 9.78 Å². The fourth-order valence-corrected chi connectivity index (χ4v) is 5.02. The first-order valence-electron chi connectivity index (χ1n) is 10.9. The minimum atomic E-state index is -0.389. The van der Waals surface area contributed by atoms with Crippen LogP contribution in [-0.4, -0.2) is 25.4 Å². The van der Waals surface area contributed by atoms with E-state index in [4.69, 9.17) is 4.42 Å². The van der Waals surface area contributed by atoms with Crippen molar-refractivity contribution in [1.82, 2.24) is 19.7 Å². The molecule has 164 valence electrons. The zero-order chi connectivity index (χ0) is 22.8. The molecule has 0 unspecified atom stereocenters.